The molecule has 6 N–H and O–H groups in total. The maximum Gasteiger partial charge on any atom is 0.241 e. The van der Waals surface area contributed by atoms with Crippen molar-refractivity contribution in [1.82, 2.24) is 19.5 Å². The number of benzene rings is 1. The number of nitrogens with zero attached hydrogens (tertiary/aromatic N) is 4. The molecule has 0 amide bonds. The van der Waals surface area contributed by atoms with E-state index in [1.165, 1.54) is 0 Å². The highest BCUT2D eigenvalue weighted by Crippen LogP contribution is 2.38. The average Bonchev–Trinajstić information content (AvgIpc) is 3.27. The van der Waals surface area contributed by atoms with E-state index in [9.17, 15) is 0 Å². The van der Waals surface area contributed by atoms with Gasteiger partial charge in [0.05, 0.1) is 25.1 Å². The second-order valence-electron chi connectivity index (χ2n) is 7.22. The Bertz CT molecular complexity index is 990. The summed E-state index contributed by atoms with van der Waals surface area (Å²) < 4.78 is 14.4. The van der Waals surface area contributed by atoms with E-state index in [-0.39, 0.29) is 24.4 Å². The van der Waals surface area contributed by atoms with Crippen molar-refractivity contribution in [2.24, 2.45) is 11.8 Å². The first-order valence-corrected chi connectivity index (χ1v) is 9.52. The summed E-state index contributed by atoms with van der Waals surface area (Å²) in [4.78, 5) is 13.2. The SMILES string of the molecule is CNc1nc(NN)nc2c1ncn2[C@@H]1O[C@H](C)[C@@H](OCc2ccc(N)cc2)[C@@H]1C. The van der Waals surface area contributed by atoms with Gasteiger partial charge in [-0.3, -0.25) is 9.99 Å². The second kappa shape index (κ2) is 7.82. The molecule has 2 aromatic heterocycles. The highest BCUT2D eigenvalue weighted by atomic mass is 16.6. The number of fused-ring (bicyclic) bond motifs is 1. The maximum atomic E-state index is 6.24. The Morgan fingerprint density at radius 1 is 1.21 bits per heavy atom. The van der Waals surface area contributed by atoms with Crippen LogP contribution in [0.2, 0.25) is 0 Å². The molecule has 4 atom stereocenters. The van der Waals surface area contributed by atoms with Crippen LogP contribution in [0.3, 0.4) is 0 Å². The van der Waals surface area contributed by atoms with Crippen molar-refractivity contribution in [2.75, 3.05) is 23.5 Å². The van der Waals surface area contributed by atoms with Crippen molar-refractivity contribution in [3.05, 3.63) is 36.2 Å². The standard InChI is InChI=1S/C19H26N8O2/c1-10-15(28-8-12-4-6-13(20)7-5-12)11(2)29-18(10)27-9-23-14-16(22-3)24-19(26-21)25-17(14)27/h4-7,9-11,15,18H,8,20-21H2,1-3H3,(H2,22,24,25,26)/t10-,11+,15-,18+/m0/s1. The van der Waals surface area contributed by atoms with E-state index in [0.717, 1.165) is 11.3 Å². The van der Waals surface area contributed by atoms with Gasteiger partial charge in [0.2, 0.25) is 5.95 Å². The van der Waals surface area contributed by atoms with Crippen molar-refractivity contribution >= 4 is 28.6 Å². The van der Waals surface area contributed by atoms with Crippen LogP contribution in [0.15, 0.2) is 30.6 Å². The number of nitrogen functional groups attached to an aromatic ring is 2. The fourth-order valence-electron chi connectivity index (χ4n) is 3.77. The molecule has 0 bridgehead atoms. The van der Waals surface area contributed by atoms with Crippen LogP contribution in [0, 0.1) is 5.92 Å². The number of nitrogens with two attached hydrogens (primary N) is 2. The van der Waals surface area contributed by atoms with Gasteiger partial charge in [-0.1, -0.05) is 19.1 Å². The number of hydrogen-bond acceptors (Lipinski definition) is 9. The Morgan fingerprint density at radius 3 is 2.66 bits per heavy atom. The molecule has 10 nitrogen and oxygen atoms in total. The third kappa shape index (κ3) is 3.57. The molecule has 3 heterocycles. The number of anilines is 3. The van der Waals surface area contributed by atoms with Crippen molar-refractivity contribution in [3.63, 3.8) is 0 Å². The number of imidazole rings is 1. The molecule has 3 aromatic rings. The predicted molar refractivity (Wildman–Crippen MR) is 111 cm³/mol. The second-order valence-corrected chi connectivity index (χ2v) is 7.22. The molecule has 1 fully saturated rings. The summed E-state index contributed by atoms with van der Waals surface area (Å²) in [6.07, 6.45) is 1.29. The van der Waals surface area contributed by atoms with Gasteiger partial charge in [0.15, 0.2) is 17.0 Å². The van der Waals surface area contributed by atoms with Crippen molar-refractivity contribution in [3.8, 4) is 0 Å². The van der Waals surface area contributed by atoms with Crippen molar-refractivity contribution < 1.29 is 9.47 Å². The summed E-state index contributed by atoms with van der Waals surface area (Å²) >= 11 is 0. The minimum absolute atomic E-state index is 0.0762. The Hall–Kier alpha value is -2.95. The van der Waals surface area contributed by atoms with E-state index < -0.39 is 0 Å². The first-order valence-electron chi connectivity index (χ1n) is 9.52. The monoisotopic (exact) mass is 398 g/mol. The van der Waals surface area contributed by atoms with Gasteiger partial charge in [-0.15, -0.1) is 0 Å². The van der Waals surface area contributed by atoms with Gasteiger partial charge in [0, 0.05) is 18.7 Å². The lowest BCUT2D eigenvalue weighted by atomic mass is 10.0. The number of rotatable bonds is 6. The van der Waals surface area contributed by atoms with Crippen LogP contribution in [0.1, 0.15) is 25.6 Å². The van der Waals surface area contributed by atoms with E-state index in [0.29, 0.717) is 29.5 Å². The van der Waals surface area contributed by atoms with Crippen LogP contribution in [-0.2, 0) is 16.1 Å². The summed E-state index contributed by atoms with van der Waals surface area (Å²) in [5.41, 5.74) is 11.3. The molecule has 0 radical (unpaired) electrons. The van der Waals surface area contributed by atoms with E-state index in [4.69, 9.17) is 21.1 Å². The van der Waals surface area contributed by atoms with Crippen molar-refractivity contribution in [2.45, 2.75) is 38.9 Å². The number of aromatic nitrogens is 4. The molecular weight excluding hydrogens is 372 g/mol. The number of ether oxygens (including phenoxy) is 2. The summed E-state index contributed by atoms with van der Waals surface area (Å²) in [5, 5.41) is 3.02. The van der Waals surface area contributed by atoms with E-state index in [1.54, 1.807) is 13.4 Å². The number of hydrazine groups is 1. The molecule has 0 aliphatic carbocycles. The Kier molecular flexibility index (Phi) is 5.22. The lowest BCUT2D eigenvalue weighted by molar-refractivity contribution is -0.0324. The zero-order valence-electron chi connectivity index (χ0n) is 16.7. The summed E-state index contributed by atoms with van der Waals surface area (Å²) in [5.74, 6) is 6.50. The molecule has 154 valence electrons. The highest BCUT2D eigenvalue weighted by Gasteiger charge is 2.42. The number of nitrogens with one attached hydrogen (secondary N) is 2. The molecule has 4 rings (SSSR count). The zero-order valence-corrected chi connectivity index (χ0v) is 16.7. The lowest BCUT2D eigenvalue weighted by Gasteiger charge is -2.21. The van der Waals surface area contributed by atoms with Crippen LogP contribution < -0.4 is 22.3 Å². The van der Waals surface area contributed by atoms with Crippen LogP contribution >= 0.6 is 0 Å². The van der Waals surface area contributed by atoms with E-state index >= 15 is 0 Å². The first kappa shape index (κ1) is 19.4. The largest absolute Gasteiger partial charge is 0.399 e. The van der Waals surface area contributed by atoms with Gasteiger partial charge in [-0.25, -0.2) is 10.8 Å². The van der Waals surface area contributed by atoms with E-state index in [2.05, 4.69) is 32.6 Å². The Labute approximate surface area is 168 Å². The maximum absolute atomic E-state index is 6.24. The normalized spacial score (nSPS) is 24.1. The van der Waals surface area contributed by atoms with Gasteiger partial charge >= 0.3 is 0 Å². The minimum atomic E-state index is -0.267. The van der Waals surface area contributed by atoms with Gasteiger partial charge in [-0.2, -0.15) is 9.97 Å². The van der Waals surface area contributed by atoms with Gasteiger partial charge < -0.3 is 20.5 Å². The fourth-order valence-corrected chi connectivity index (χ4v) is 3.77. The van der Waals surface area contributed by atoms with Crippen LogP contribution in [0.4, 0.5) is 17.5 Å². The predicted octanol–water partition coefficient (Wildman–Crippen LogP) is 1.87. The van der Waals surface area contributed by atoms with Crippen molar-refractivity contribution in [1.29, 1.82) is 0 Å². The highest BCUT2D eigenvalue weighted by molar-refractivity contribution is 5.84. The molecular formula is C19H26N8O2. The quantitative estimate of drug-likeness (QED) is 0.278. The number of hydrogen-bond donors (Lipinski definition) is 4. The molecule has 0 saturated carbocycles. The van der Waals surface area contributed by atoms with Gasteiger partial charge in [-0.05, 0) is 24.6 Å². The topological polar surface area (TPSA) is 138 Å². The molecule has 1 aliphatic heterocycles. The fraction of sp³-hybridized carbons (Fsp3) is 0.421. The smallest absolute Gasteiger partial charge is 0.241 e. The Balaban J connectivity index is 1.57. The lowest BCUT2D eigenvalue weighted by Crippen LogP contribution is -2.27. The first-order chi connectivity index (χ1) is 14.0. The van der Waals surface area contributed by atoms with Crippen LogP contribution in [0.25, 0.3) is 11.2 Å². The summed E-state index contributed by atoms with van der Waals surface area (Å²) in [7, 11) is 1.78. The van der Waals surface area contributed by atoms with Gasteiger partial charge in [0.25, 0.3) is 0 Å². The molecule has 10 heteroatoms. The zero-order chi connectivity index (χ0) is 20.5. The molecule has 0 spiro atoms. The van der Waals surface area contributed by atoms with Crippen LogP contribution in [0.5, 0.6) is 0 Å². The third-order valence-corrected chi connectivity index (χ3v) is 5.27. The third-order valence-electron chi connectivity index (χ3n) is 5.27. The summed E-state index contributed by atoms with van der Waals surface area (Å²) in [6.45, 7) is 4.62. The molecule has 1 saturated heterocycles. The molecule has 1 aromatic carbocycles. The Morgan fingerprint density at radius 2 is 1.97 bits per heavy atom. The van der Waals surface area contributed by atoms with Crippen LogP contribution in [-0.4, -0.2) is 38.8 Å². The van der Waals surface area contributed by atoms with E-state index in [1.807, 2.05) is 35.8 Å². The summed E-state index contributed by atoms with van der Waals surface area (Å²) in [6, 6.07) is 7.69. The van der Waals surface area contributed by atoms with Gasteiger partial charge in [0.1, 0.15) is 6.23 Å². The molecule has 0 unspecified atom stereocenters. The molecule has 1 aliphatic rings. The minimum Gasteiger partial charge on any atom is -0.399 e. The molecule has 29 heavy (non-hydrogen) atoms. The average molecular weight is 398 g/mol.